The van der Waals surface area contributed by atoms with E-state index in [0.717, 1.165) is 35.6 Å². The summed E-state index contributed by atoms with van der Waals surface area (Å²) < 4.78 is 1.76. The quantitative estimate of drug-likeness (QED) is 0.666. The Kier molecular flexibility index (Phi) is 4.19. The molecule has 0 aliphatic carbocycles. The molecule has 0 radical (unpaired) electrons. The van der Waals surface area contributed by atoms with Crippen LogP contribution in [0.4, 0.5) is 5.69 Å². The normalized spacial score (nSPS) is 14.7. The summed E-state index contributed by atoms with van der Waals surface area (Å²) in [6, 6.07) is 8.10. The zero-order valence-electron chi connectivity index (χ0n) is 15.4. The van der Waals surface area contributed by atoms with Gasteiger partial charge in [-0.1, -0.05) is 30.0 Å². The minimum atomic E-state index is -0.263. The number of carbonyl (C=O) groups excluding carboxylic acids is 1. The Morgan fingerprint density at radius 3 is 2.77 bits per heavy atom. The van der Waals surface area contributed by atoms with Crippen LogP contribution in [0.15, 0.2) is 29.4 Å². The zero-order valence-corrected chi connectivity index (χ0v) is 16.2. The van der Waals surface area contributed by atoms with Crippen LogP contribution < -0.4 is 4.90 Å². The molecule has 0 bridgehead atoms. The summed E-state index contributed by atoms with van der Waals surface area (Å²) in [5.74, 6) is 0.676. The van der Waals surface area contributed by atoms with Gasteiger partial charge in [-0.25, -0.2) is 9.50 Å². The van der Waals surface area contributed by atoms with E-state index in [1.165, 1.54) is 17.3 Å². The molecule has 26 heavy (non-hydrogen) atoms. The van der Waals surface area contributed by atoms with Crippen molar-refractivity contribution in [3.8, 4) is 0 Å². The molecule has 3 aromatic rings. The molecule has 0 spiro atoms. The summed E-state index contributed by atoms with van der Waals surface area (Å²) in [7, 11) is 0. The molecule has 134 valence electrons. The highest BCUT2D eigenvalue weighted by atomic mass is 32.2. The van der Waals surface area contributed by atoms with Crippen LogP contribution in [0.1, 0.15) is 29.4 Å². The number of rotatable bonds is 3. The Morgan fingerprint density at radius 2 is 1.96 bits per heavy atom. The van der Waals surface area contributed by atoms with E-state index in [9.17, 15) is 4.79 Å². The first-order chi connectivity index (χ1) is 12.5. The summed E-state index contributed by atoms with van der Waals surface area (Å²) in [6.45, 7) is 8.66. The smallest absolute Gasteiger partial charge is 0.253 e. The number of nitrogens with zero attached hydrogens (tertiary/aromatic N) is 5. The molecule has 4 rings (SSSR count). The minimum Gasteiger partial charge on any atom is -0.311 e. The van der Waals surface area contributed by atoms with Crippen molar-refractivity contribution >= 4 is 29.1 Å². The largest absolute Gasteiger partial charge is 0.311 e. The first-order valence-corrected chi connectivity index (χ1v) is 9.60. The van der Waals surface area contributed by atoms with Crippen LogP contribution in [0.2, 0.25) is 0 Å². The van der Waals surface area contributed by atoms with Crippen molar-refractivity contribution in [3.05, 3.63) is 46.8 Å². The Labute approximate surface area is 156 Å². The Bertz CT molecular complexity index is 1010. The molecule has 6 nitrogen and oxygen atoms in total. The first-order valence-electron chi connectivity index (χ1n) is 8.72. The van der Waals surface area contributed by atoms with E-state index in [1.807, 2.05) is 50.8 Å². The van der Waals surface area contributed by atoms with Gasteiger partial charge >= 0.3 is 0 Å². The number of hydrogen-bond donors (Lipinski definition) is 0. The first kappa shape index (κ1) is 17.0. The van der Waals surface area contributed by atoms with E-state index >= 15 is 0 Å². The molecule has 0 fully saturated rings. The third-order valence-electron chi connectivity index (χ3n) is 5.02. The Morgan fingerprint density at radius 1 is 1.19 bits per heavy atom. The SMILES string of the molecule is Cc1nc2nc(S[C@H](C)C(=O)N3CCc4ccccc43)nn2c(C)c1C. The number of hydrogen-bond acceptors (Lipinski definition) is 5. The summed E-state index contributed by atoms with van der Waals surface area (Å²) in [5, 5.41) is 4.86. The number of fused-ring (bicyclic) bond motifs is 2. The van der Waals surface area contributed by atoms with Crippen LogP contribution in [0.25, 0.3) is 5.78 Å². The van der Waals surface area contributed by atoms with Gasteiger partial charge in [-0.2, -0.15) is 4.98 Å². The van der Waals surface area contributed by atoms with Crippen molar-refractivity contribution in [2.45, 2.75) is 44.5 Å². The number of benzene rings is 1. The van der Waals surface area contributed by atoms with Gasteiger partial charge in [0.05, 0.1) is 5.25 Å². The van der Waals surface area contributed by atoms with Crippen LogP contribution in [0.3, 0.4) is 0 Å². The number of para-hydroxylation sites is 1. The van der Waals surface area contributed by atoms with E-state index in [4.69, 9.17) is 0 Å². The highest BCUT2D eigenvalue weighted by molar-refractivity contribution is 8.00. The summed E-state index contributed by atoms with van der Waals surface area (Å²) in [4.78, 5) is 23.8. The lowest BCUT2D eigenvalue weighted by molar-refractivity contribution is -0.117. The predicted molar refractivity (Wildman–Crippen MR) is 103 cm³/mol. The molecule has 0 N–H and O–H groups in total. The van der Waals surface area contributed by atoms with Crippen molar-refractivity contribution in [2.24, 2.45) is 0 Å². The summed E-state index contributed by atoms with van der Waals surface area (Å²) >= 11 is 1.39. The van der Waals surface area contributed by atoms with Crippen LogP contribution in [-0.4, -0.2) is 37.3 Å². The summed E-state index contributed by atoms with van der Waals surface area (Å²) in [6.07, 6.45) is 0.910. The van der Waals surface area contributed by atoms with Gasteiger partial charge in [0.25, 0.3) is 5.78 Å². The molecule has 0 saturated heterocycles. The zero-order chi connectivity index (χ0) is 18.4. The van der Waals surface area contributed by atoms with Crippen LogP contribution in [0, 0.1) is 20.8 Å². The van der Waals surface area contributed by atoms with Crippen molar-refractivity contribution in [1.82, 2.24) is 19.6 Å². The van der Waals surface area contributed by atoms with Gasteiger partial charge < -0.3 is 4.90 Å². The van der Waals surface area contributed by atoms with Crippen molar-refractivity contribution in [3.63, 3.8) is 0 Å². The van der Waals surface area contributed by atoms with Crippen molar-refractivity contribution in [2.75, 3.05) is 11.4 Å². The number of aryl methyl sites for hydroxylation is 2. The minimum absolute atomic E-state index is 0.0934. The monoisotopic (exact) mass is 367 g/mol. The number of amides is 1. The van der Waals surface area contributed by atoms with E-state index < -0.39 is 0 Å². The number of aromatic nitrogens is 4. The predicted octanol–water partition coefficient (Wildman–Crippen LogP) is 3.12. The highest BCUT2D eigenvalue weighted by Crippen LogP contribution is 2.31. The fraction of sp³-hybridized carbons (Fsp3) is 0.368. The van der Waals surface area contributed by atoms with Gasteiger partial charge in [0.1, 0.15) is 0 Å². The van der Waals surface area contributed by atoms with Gasteiger partial charge in [-0.05, 0) is 51.3 Å². The maximum absolute atomic E-state index is 12.9. The number of thioether (sulfide) groups is 1. The fourth-order valence-corrected chi connectivity index (χ4v) is 4.09. The van der Waals surface area contributed by atoms with E-state index in [0.29, 0.717) is 10.9 Å². The van der Waals surface area contributed by atoms with Gasteiger partial charge in [-0.3, -0.25) is 4.79 Å². The molecule has 1 atom stereocenters. The average Bonchev–Trinajstić information content (AvgIpc) is 3.23. The molecule has 1 aliphatic rings. The van der Waals surface area contributed by atoms with Gasteiger partial charge in [-0.15, -0.1) is 5.10 Å². The van der Waals surface area contributed by atoms with Crippen LogP contribution >= 0.6 is 11.8 Å². The lowest BCUT2D eigenvalue weighted by atomic mass is 10.2. The lowest BCUT2D eigenvalue weighted by Crippen LogP contribution is -2.35. The van der Waals surface area contributed by atoms with Crippen LogP contribution in [0.5, 0.6) is 0 Å². The molecule has 3 heterocycles. The van der Waals surface area contributed by atoms with Gasteiger partial charge in [0.2, 0.25) is 11.1 Å². The second-order valence-electron chi connectivity index (χ2n) is 6.64. The third kappa shape index (κ3) is 2.76. The molecule has 1 aliphatic heterocycles. The second kappa shape index (κ2) is 6.39. The van der Waals surface area contributed by atoms with Crippen molar-refractivity contribution < 1.29 is 4.79 Å². The maximum Gasteiger partial charge on any atom is 0.253 e. The Hall–Kier alpha value is -2.41. The molecule has 0 saturated carbocycles. The van der Waals surface area contributed by atoms with E-state index in [2.05, 4.69) is 21.1 Å². The topological polar surface area (TPSA) is 63.4 Å². The highest BCUT2D eigenvalue weighted by Gasteiger charge is 2.29. The molecule has 1 amide bonds. The number of carbonyl (C=O) groups is 1. The number of anilines is 1. The molecule has 2 aromatic heterocycles. The van der Waals surface area contributed by atoms with Gasteiger partial charge in [0, 0.05) is 23.6 Å². The molecule has 1 aromatic carbocycles. The molecule has 0 unspecified atom stereocenters. The lowest BCUT2D eigenvalue weighted by Gasteiger charge is -2.20. The van der Waals surface area contributed by atoms with Crippen LogP contribution in [-0.2, 0) is 11.2 Å². The fourth-order valence-electron chi connectivity index (χ4n) is 3.28. The maximum atomic E-state index is 12.9. The molecule has 7 heteroatoms. The van der Waals surface area contributed by atoms with E-state index in [-0.39, 0.29) is 11.2 Å². The Balaban J connectivity index is 1.57. The van der Waals surface area contributed by atoms with E-state index in [1.54, 1.807) is 4.52 Å². The third-order valence-corrected chi connectivity index (χ3v) is 5.96. The molecular weight excluding hydrogens is 346 g/mol. The standard InChI is InChI=1S/C19H21N5OS/c1-11-12(2)20-18-21-19(22-24(18)13(11)3)26-14(4)17(25)23-10-9-15-7-5-6-8-16(15)23/h5-8,14H,9-10H2,1-4H3/t14-/m1/s1. The van der Waals surface area contributed by atoms with Gasteiger partial charge in [0.15, 0.2) is 0 Å². The summed E-state index contributed by atoms with van der Waals surface area (Å²) in [5.41, 5.74) is 5.35. The molecular formula is C19H21N5OS. The van der Waals surface area contributed by atoms with Crippen molar-refractivity contribution in [1.29, 1.82) is 0 Å². The average molecular weight is 367 g/mol. The second-order valence-corrected chi connectivity index (χ2v) is 7.95.